The first-order valence-corrected chi connectivity index (χ1v) is 2.42. The minimum Gasteiger partial charge on any atom is -0.267 e. The fourth-order valence-corrected chi connectivity index (χ4v) is 0.477. The van der Waals surface area contributed by atoms with Gasteiger partial charge in [0.15, 0.2) is 0 Å². The van der Waals surface area contributed by atoms with E-state index in [2.05, 4.69) is 15.1 Å². The Morgan fingerprint density at radius 3 is 3.22 bits per heavy atom. The predicted octanol–water partition coefficient (Wildman–Crippen LogP) is 1.15. The van der Waals surface area contributed by atoms with Crippen molar-refractivity contribution >= 4 is 0 Å². The van der Waals surface area contributed by atoms with E-state index in [0.717, 1.165) is 0 Å². The van der Waals surface area contributed by atoms with E-state index >= 15 is 0 Å². The Labute approximate surface area is 51.5 Å². The van der Waals surface area contributed by atoms with E-state index in [1.807, 2.05) is 0 Å². The van der Waals surface area contributed by atoms with E-state index < -0.39 is 0 Å². The predicted molar refractivity (Wildman–Crippen MR) is 31.4 cm³/mol. The molecule has 0 aliphatic heterocycles. The van der Waals surface area contributed by atoms with Gasteiger partial charge in [0.25, 0.3) is 0 Å². The summed E-state index contributed by atoms with van der Waals surface area (Å²) in [7, 11) is 0. The maximum Gasteiger partial charge on any atom is 0.120 e. The van der Waals surface area contributed by atoms with Crippen LogP contribution in [0.1, 0.15) is 0 Å². The van der Waals surface area contributed by atoms with Crippen molar-refractivity contribution in [3.05, 3.63) is 28.9 Å². The Kier molecular flexibility index (Phi) is 1.72. The molecule has 0 amide bonds. The van der Waals surface area contributed by atoms with E-state index in [1.54, 1.807) is 23.1 Å². The topological polar surface area (TPSA) is 66.6 Å². The van der Waals surface area contributed by atoms with Crippen LogP contribution in [0.25, 0.3) is 10.4 Å². The van der Waals surface area contributed by atoms with Gasteiger partial charge in [-0.25, -0.2) is 0 Å². The normalized spacial score (nSPS) is 8.44. The molecule has 0 atom stereocenters. The molecular weight excluding hydrogens is 118 g/mol. The van der Waals surface area contributed by atoms with E-state index in [1.165, 1.54) is 0 Å². The Hall–Kier alpha value is -1.48. The van der Waals surface area contributed by atoms with Gasteiger partial charge in [-0.3, -0.25) is 4.68 Å². The van der Waals surface area contributed by atoms with Gasteiger partial charge in [-0.15, -0.1) is 0 Å². The molecule has 5 nitrogen and oxygen atoms in total. The van der Waals surface area contributed by atoms with Crippen LogP contribution >= 0.6 is 0 Å². The minimum absolute atomic E-state index is 0.267. The summed E-state index contributed by atoms with van der Waals surface area (Å²) < 4.78 is 1.54. The second kappa shape index (κ2) is 2.74. The molecule has 0 unspecified atom stereocenters. The smallest absolute Gasteiger partial charge is 0.120 e. The maximum absolute atomic E-state index is 7.88. The molecule has 0 bridgehead atoms. The van der Waals surface area contributed by atoms with Gasteiger partial charge in [-0.2, -0.15) is 5.10 Å². The molecule has 5 heteroatoms. The third kappa shape index (κ3) is 1.47. The molecule has 1 rings (SSSR count). The van der Waals surface area contributed by atoms with Gasteiger partial charge in [0, 0.05) is 17.3 Å². The third-order valence-corrected chi connectivity index (χ3v) is 0.831. The lowest BCUT2D eigenvalue weighted by molar-refractivity contribution is 0.635. The van der Waals surface area contributed by atoms with Gasteiger partial charge in [0.2, 0.25) is 0 Å². The van der Waals surface area contributed by atoms with Gasteiger partial charge in [0.1, 0.15) is 6.67 Å². The summed E-state index contributed by atoms with van der Waals surface area (Å²) in [5, 5.41) is 7.10. The average molecular weight is 123 g/mol. The van der Waals surface area contributed by atoms with Crippen LogP contribution in [-0.2, 0) is 6.67 Å². The van der Waals surface area contributed by atoms with Gasteiger partial charge >= 0.3 is 0 Å². The zero-order valence-corrected chi connectivity index (χ0v) is 4.68. The average Bonchev–Trinajstić information content (AvgIpc) is 2.34. The summed E-state index contributed by atoms with van der Waals surface area (Å²) >= 11 is 0. The number of aromatic nitrogens is 2. The Morgan fingerprint density at radius 1 is 1.78 bits per heavy atom. The largest absolute Gasteiger partial charge is 0.267 e. The van der Waals surface area contributed by atoms with Crippen molar-refractivity contribution < 1.29 is 0 Å². The molecule has 0 fully saturated rings. The summed E-state index contributed by atoms with van der Waals surface area (Å²) in [6, 6.07) is 1.77. The van der Waals surface area contributed by atoms with Crippen molar-refractivity contribution in [1.29, 1.82) is 0 Å². The lowest BCUT2D eigenvalue weighted by Crippen LogP contribution is -1.92. The van der Waals surface area contributed by atoms with Crippen molar-refractivity contribution in [3.8, 4) is 0 Å². The molecule has 0 saturated carbocycles. The van der Waals surface area contributed by atoms with E-state index in [4.69, 9.17) is 5.53 Å². The molecule has 0 saturated heterocycles. The Balaban J connectivity index is 2.57. The molecule has 1 aromatic heterocycles. The molecule has 0 aliphatic carbocycles. The summed E-state index contributed by atoms with van der Waals surface area (Å²) in [6.45, 7) is 0.267. The van der Waals surface area contributed by atoms with Crippen molar-refractivity contribution in [3.63, 3.8) is 0 Å². The summed E-state index contributed by atoms with van der Waals surface area (Å²) in [6.07, 6.45) is 3.36. The molecule has 9 heavy (non-hydrogen) atoms. The third-order valence-electron chi connectivity index (χ3n) is 0.831. The lowest BCUT2D eigenvalue weighted by atomic mass is 10.8. The number of hydrogen-bond acceptors (Lipinski definition) is 2. The van der Waals surface area contributed by atoms with Crippen LogP contribution in [0.2, 0.25) is 0 Å². The van der Waals surface area contributed by atoms with Crippen LogP contribution in [0.5, 0.6) is 0 Å². The molecule has 0 radical (unpaired) electrons. The highest BCUT2D eigenvalue weighted by molar-refractivity contribution is 4.77. The first kappa shape index (κ1) is 5.65. The van der Waals surface area contributed by atoms with Gasteiger partial charge in [0.05, 0.1) is 0 Å². The zero-order valence-electron chi connectivity index (χ0n) is 4.68. The molecule has 0 aromatic carbocycles. The van der Waals surface area contributed by atoms with Crippen LogP contribution in [0, 0.1) is 0 Å². The van der Waals surface area contributed by atoms with E-state index in [0.29, 0.717) is 0 Å². The summed E-state index contributed by atoms with van der Waals surface area (Å²) in [4.78, 5) is 2.57. The highest BCUT2D eigenvalue weighted by atomic mass is 15.3. The van der Waals surface area contributed by atoms with Crippen LogP contribution in [0.3, 0.4) is 0 Å². The van der Waals surface area contributed by atoms with E-state index in [9.17, 15) is 0 Å². The molecular formula is C4H5N5. The molecule has 46 valence electrons. The molecule has 0 spiro atoms. The van der Waals surface area contributed by atoms with Crippen molar-refractivity contribution in [2.45, 2.75) is 6.67 Å². The SMILES string of the molecule is [N-]=[N+]=NCn1cccn1. The summed E-state index contributed by atoms with van der Waals surface area (Å²) in [5.41, 5.74) is 7.88. The van der Waals surface area contributed by atoms with Crippen LogP contribution < -0.4 is 0 Å². The van der Waals surface area contributed by atoms with Crippen LogP contribution in [-0.4, -0.2) is 9.78 Å². The Bertz CT molecular complexity index is 207. The number of rotatable bonds is 2. The van der Waals surface area contributed by atoms with Gasteiger partial charge in [-0.1, -0.05) is 5.11 Å². The van der Waals surface area contributed by atoms with Crippen molar-refractivity contribution in [2.75, 3.05) is 0 Å². The lowest BCUT2D eigenvalue weighted by Gasteiger charge is -1.88. The number of hydrogen-bond donors (Lipinski definition) is 0. The molecule has 1 heterocycles. The van der Waals surface area contributed by atoms with Crippen molar-refractivity contribution in [1.82, 2.24) is 9.78 Å². The highest BCUT2D eigenvalue weighted by Gasteiger charge is 1.81. The standard InChI is InChI=1S/C4H5N5/c5-8-6-4-9-3-1-2-7-9/h1-3H,4H2. The fraction of sp³-hybridized carbons (Fsp3) is 0.250. The second-order valence-corrected chi connectivity index (χ2v) is 1.42. The van der Waals surface area contributed by atoms with Gasteiger partial charge < -0.3 is 0 Å². The van der Waals surface area contributed by atoms with E-state index in [-0.39, 0.29) is 6.67 Å². The highest BCUT2D eigenvalue weighted by Crippen LogP contribution is 1.83. The second-order valence-electron chi connectivity index (χ2n) is 1.42. The van der Waals surface area contributed by atoms with Gasteiger partial charge in [-0.05, 0) is 11.6 Å². The molecule has 0 aliphatic rings. The summed E-state index contributed by atoms with van der Waals surface area (Å²) in [5.74, 6) is 0. The Morgan fingerprint density at radius 2 is 2.67 bits per heavy atom. The molecule has 0 N–H and O–H groups in total. The fourth-order valence-electron chi connectivity index (χ4n) is 0.477. The first-order valence-electron chi connectivity index (χ1n) is 2.42. The quantitative estimate of drug-likeness (QED) is 0.330. The van der Waals surface area contributed by atoms with Crippen LogP contribution in [0.4, 0.5) is 0 Å². The molecule has 1 aromatic rings. The zero-order chi connectivity index (χ0) is 6.53. The van der Waals surface area contributed by atoms with Crippen molar-refractivity contribution in [2.24, 2.45) is 5.11 Å². The van der Waals surface area contributed by atoms with Crippen LogP contribution in [0.15, 0.2) is 23.6 Å². The first-order chi connectivity index (χ1) is 4.43. The minimum atomic E-state index is 0.267. The number of azide groups is 1. The maximum atomic E-state index is 7.88. The monoisotopic (exact) mass is 123 g/mol. The number of nitrogens with zero attached hydrogens (tertiary/aromatic N) is 5.